The fraction of sp³-hybridized carbons (Fsp3) is 0.0870. The molecule has 0 saturated heterocycles. The maximum absolute atomic E-state index is 14.8. The van der Waals surface area contributed by atoms with Crippen molar-refractivity contribution in [3.63, 3.8) is 0 Å². The topological polar surface area (TPSA) is 110 Å². The molecule has 2 heterocycles. The molecule has 4 aromatic rings. The van der Waals surface area contributed by atoms with E-state index >= 15 is 0 Å². The third-order valence-electron chi connectivity index (χ3n) is 4.90. The number of rotatable bonds is 6. The molecule has 2 aromatic carbocycles. The number of nitrogens with two attached hydrogens (primary N) is 1. The van der Waals surface area contributed by atoms with Crippen molar-refractivity contribution < 1.29 is 23.1 Å². The number of fused-ring (bicyclic) bond motifs is 1. The van der Waals surface area contributed by atoms with Crippen molar-refractivity contribution in [2.45, 2.75) is 12.8 Å². The quantitative estimate of drug-likeness (QED) is 0.395. The van der Waals surface area contributed by atoms with Crippen LogP contribution in [0, 0.1) is 18.6 Å². The molecule has 0 fully saturated rings. The Hall–Kier alpha value is -4.27. The number of halogens is 2. The van der Waals surface area contributed by atoms with Crippen LogP contribution in [0.3, 0.4) is 0 Å². The Morgan fingerprint density at radius 3 is 2.59 bits per heavy atom. The lowest BCUT2D eigenvalue weighted by Gasteiger charge is -2.16. The zero-order valence-electron chi connectivity index (χ0n) is 16.9. The van der Waals surface area contributed by atoms with Crippen LogP contribution in [0.2, 0.25) is 0 Å². The monoisotopic (exact) mass is 436 g/mol. The molecule has 0 aliphatic heterocycles. The molecule has 0 spiro atoms. The lowest BCUT2D eigenvalue weighted by Crippen LogP contribution is -2.32. The fourth-order valence-corrected chi connectivity index (χ4v) is 3.30. The van der Waals surface area contributed by atoms with E-state index in [1.807, 2.05) is 0 Å². The van der Waals surface area contributed by atoms with E-state index in [0.717, 1.165) is 6.07 Å². The van der Waals surface area contributed by atoms with Gasteiger partial charge in [-0.3, -0.25) is 9.59 Å². The van der Waals surface area contributed by atoms with Gasteiger partial charge in [-0.1, -0.05) is 6.07 Å². The minimum Gasteiger partial charge on any atom is -0.453 e. The second-order valence-corrected chi connectivity index (χ2v) is 7.13. The van der Waals surface area contributed by atoms with E-state index in [1.54, 1.807) is 18.3 Å². The van der Waals surface area contributed by atoms with Crippen LogP contribution in [0.4, 0.5) is 14.5 Å². The molecule has 1 atom stereocenters. The molecule has 2 aromatic heterocycles. The zero-order chi connectivity index (χ0) is 22.8. The minimum absolute atomic E-state index is 0.0557. The van der Waals surface area contributed by atoms with Gasteiger partial charge in [0, 0.05) is 18.1 Å². The molecule has 0 radical (unpaired) electrons. The lowest BCUT2D eigenvalue weighted by molar-refractivity contribution is -0.127. The number of amides is 2. The first-order valence-electron chi connectivity index (χ1n) is 9.59. The largest absolute Gasteiger partial charge is 0.453 e. The minimum atomic E-state index is -1.46. The number of carbonyl (C=O) groups is 2. The number of hydrogen-bond acceptors (Lipinski definition) is 4. The number of ether oxygens (including phenoxy) is 1. The summed E-state index contributed by atoms with van der Waals surface area (Å²) >= 11 is 0. The van der Waals surface area contributed by atoms with Gasteiger partial charge in [-0.2, -0.15) is 0 Å². The number of hydrogen-bond donors (Lipinski definition) is 3. The molecule has 162 valence electrons. The summed E-state index contributed by atoms with van der Waals surface area (Å²) in [6.07, 6.45) is 3.20. The molecule has 0 bridgehead atoms. The number of nitrogens with zero attached hydrogens (tertiary/aromatic N) is 1. The van der Waals surface area contributed by atoms with Crippen molar-refractivity contribution in [3.8, 4) is 11.5 Å². The van der Waals surface area contributed by atoms with Crippen LogP contribution >= 0.6 is 0 Å². The van der Waals surface area contributed by atoms with Crippen LogP contribution in [0.15, 0.2) is 60.9 Å². The highest BCUT2D eigenvalue weighted by atomic mass is 19.1. The first-order valence-corrected chi connectivity index (χ1v) is 9.59. The normalized spacial score (nSPS) is 11.8. The highest BCUT2D eigenvalue weighted by molar-refractivity contribution is 6.10. The standard InChI is InChI=1S/C23H18F2N4O3/c1-12-10-14(3-4-16(12)24)29-23(31)20(21(26)30)13-2-5-19(17(25)11-13)32-18-7-9-28-22-15(18)6-8-27-22/h2-11,20H,1H3,(H2,26,30)(H,27,28)(H,29,31). The Bertz CT molecular complexity index is 1340. The van der Waals surface area contributed by atoms with Crippen molar-refractivity contribution in [2.75, 3.05) is 5.32 Å². The molecule has 2 amide bonds. The summed E-state index contributed by atoms with van der Waals surface area (Å²) in [5.74, 6) is -4.10. The van der Waals surface area contributed by atoms with E-state index in [4.69, 9.17) is 10.5 Å². The lowest BCUT2D eigenvalue weighted by atomic mass is 9.97. The van der Waals surface area contributed by atoms with Gasteiger partial charge in [0.1, 0.15) is 23.1 Å². The molecule has 1 unspecified atom stereocenters. The molecule has 4 N–H and O–H groups in total. The maximum Gasteiger partial charge on any atom is 0.241 e. The van der Waals surface area contributed by atoms with E-state index in [0.29, 0.717) is 22.3 Å². The van der Waals surface area contributed by atoms with Gasteiger partial charge in [0.25, 0.3) is 0 Å². The van der Waals surface area contributed by atoms with Crippen LogP contribution in [0.5, 0.6) is 11.5 Å². The number of aromatic nitrogens is 2. The average molecular weight is 436 g/mol. The summed E-state index contributed by atoms with van der Waals surface area (Å²) in [4.78, 5) is 31.8. The second-order valence-electron chi connectivity index (χ2n) is 7.13. The number of anilines is 1. The molecule has 0 aliphatic rings. The number of aryl methyl sites for hydroxylation is 1. The summed E-state index contributed by atoms with van der Waals surface area (Å²) < 4.78 is 33.9. The van der Waals surface area contributed by atoms with Crippen LogP contribution < -0.4 is 15.8 Å². The SMILES string of the molecule is Cc1cc(NC(=O)C(C(N)=O)c2ccc(Oc3ccnc4[nH]ccc34)c(F)c2)ccc1F. The number of primary amides is 1. The highest BCUT2D eigenvalue weighted by Crippen LogP contribution is 2.31. The Balaban J connectivity index is 1.58. The summed E-state index contributed by atoms with van der Waals surface area (Å²) in [6.45, 7) is 1.54. The third-order valence-corrected chi connectivity index (χ3v) is 4.90. The van der Waals surface area contributed by atoms with Crippen molar-refractivity contribution in [2.24, 2.45) is 5.73 Å². The Labute approximate surface area is 181 Å². The molecule has 9 heteroatoms. The smallest absolute Gasteiger partial charge is 0.241 e. The number of aromatic amines is 1. The molecular formula is C23H18F2N4O3. The summed E-state index contributed by atoms with van der Waals surface area (Å²) in [7, 11) is 0. The predicted molar refractivity (Wildman–Crippen MR) is 114 cm³/mol. The van der Waals surface area contributed by atoms with Crippen LogP contribution in [-0.4, -0.2) is 21.8 Å². The van der Waals surface area contributed by atoms with Gasteiger partial charge in [-0.25, -0.2) is 13.8 Å². The van der Waals surface area contributed by atoms with E-state index in [2.05, 4.69) is 15.3 Å². The maximum atomic E-state index is 14.8. The van der Waals surface area contributed by atoms with Crippen molar-refractivity contribution in [1.82, 2.24) is 9.97 Å². The second kappa shape index (κ2) is 8.46. The van der Waals surface area contributed by atoms with Crippen molar-refractivity contribution in [3.05, 3.63) is 83.7 Å². The van der Waals surface area contributed by atoms with E-state index in [9.17, 15) is 18.4 Å². The van der Waals surface area contributed by atoms with E-state index < -0.39 is 29.4 Å². The summed E-state index contributed by atoms with van der Waals surface area (Å²) in [5.41, 5.74) is 6.66. The molecule has 32 heavy (non-hydrogen) atoms. The van der Waals surface area contributed by atoms with Gasteiger partial charge in [0.2, 0.25) is 11.8 Å². The molecule has 4 rings (SSSR count). The number of H-pyrrole nitrogens is 1. The van der Waals surface area contributed by atoms with Gasteiger partial charge in [-0.05, 0) is 60.5 Å². The van der Waals surface area contributed by atoms with Gasteiger partial charge in [0.15, 0.2) is 11.6 Å². The molecule has 7 nitrogen and oxygen atoms in total. The van der Waals surface area contributed by atoms with E-state index in [-0.39, 0.29) is 17.0 Å². The van der Waals surface area contributed by atoms with Crippen LogP contribution in [0.1, 0.15) is 17.0 Å². The number of pyridine rings is 1. The number of carbonyl (C=O) groups excluding carboxylic acids is 2. The molecule has 0 aliphatic carbocycles. The Morgan fingerprint density at radius 2 is 1.88 bits per heavy atom. The van der Waals surface area contributed by atoms with Crippen LogP contribution in [0.25, 0.3) is 11.0 Å². The van der Waals surface area contributed by atoms with Gasteiger partial charge in [-0.15, -0.1) is 0 Å². The molecular weight excluding hydrogens is 418 g/mol. The summed E-state index contributed by atoms with van der Waals surface area (Å²) in [6, 6.07) is 11.0. The third kappa shape index (κ3) is 4.13. The average Bonchev–Trinajstić information content (AvgIpc) is 3.22. The summed E-state index contributed by atoms with van der Waals surface area (Å²) in [5, 5.41) is 3.18. The highest BCUT2D eigenvalue weighted by Gasteiger charge is 2.28. The number of benzene rings is 2. The first kappa shape index (κ1) is 21.0. The van der Waals surface area contributed by atoms with Gasteiger partial charge >= 0.3 is 0 Å². The predicted octanol–water partition coefficient (Wildman–Crippen LogP) is 4.15. The van der Waals surface area contributed by atoms with Gasteiger partial charge in [0.05, 0.1) is 5.39 Å². The fourth-order valence-electron chi connectivity index (χ4n) is 3.30. The van der Waals surface area contributed by atoms with Gasteiger partial charge < -0.3 is 20.8 Å². The first-order chi connectivity index (χ1) is 15.3. The molecule has 0 saturated carbocycles. The zero-order valence-corrected chi connectivity index (χ0v) is 16.9. The number of nitrogens with one attached hydrogen (secondary N) is 2. The van der Waals surface area contributed by atoms with Crippen molar-refractivity contribution >= 4 is 28.5 Å². The van der Waals surface area contributed by atoms with Crippen molar-refractivity contribution in [1.29, 1.82) is 0 Å². The van der Waals surface area contributed by atoms with E-state index in [1.165, 1.54) is 43.5 Å². The Morgan fingerprint density at radius 1 is 1.06 bits per heavy atom. The Kier molecular flexibility index (Phi) is 5.55. The van der Waals surface area contributed by atoms with Crippen LogP contribution in [-0.2, 0) is 9.59 Å².